The summed E-state index contributed by atoms with van der Waals surface area (Å²) < 4.78 is 42.4. The second kappa shape index (κ2) is 9.44. The number of anilines is 1. The number of halogens is 3. The van der Waals surface area contributed by atoms with Gasteiger partial charge < -0.3 is 10.2 Å². The van der Waals surface area contributed by atoms with Gasteiger partial charge in [0.2, 0.25) is 5.91 Å². The first-order chi connectivity index (χ1) is 16.2. The highest BCUT2D eigenvalue weighted by molar-refractivity contribution is 6.07. The molecule has 4 rings (SSSR count). The van der Waals surface area contributed by atoms with Crippen molar-refractivity contribution in [2.45, 2.75) is 52.0 Å². The van der Waals surface area contributed by atoms with E-state index in [1.807, 2.05) is 20.8 Å². The number of hydrogen-bond donors (Lipinski definition) is 1. The van der Waals surface area contributed by atoms with E-state index in [1.54, 1.807) is 16.9 Å². The quantitative estimate of drug-likeness (QED) is 0.477. The predicted octanol–water partition coefficient (Wildman–Crippen LogP) is 4.80. The standard InChI is InChI=1S/C24H26F3N5O2/c1-4-9-31(12-20(33)29-18-8-7-17(25)21(26)22(18)27)24(34)15-10-19(14-5-6-14)30-23-16(15)11-28-32(23)13(2)3/h7-8,10-11,13-14H,4-6,9,12H2,1-3H3,(H,29,33). The van der Waals surface area contributed by atoms with Crippen LogP contribution < -0.4 is 5.32 Å². The molecule has 2 amide bonds. The molecule has 0 saturated heterocycles. The van der Waals surface area contributed by atoms with E-state index in [0.717, 1.165) is 30.7 Å². The largest absolute Gasteiger partial charge is 0.329 e. The summed E-state index contributed by atoms with van der Waals surface area (Å²) in [7, 11) is 0. The van der Waals surface area contributed by atoms with E-state index in [4.69, 9.17) is 4.98 Å². The van der Waals surface area contributed by atoms with Gasteiger partial charge in [0, 0.05) is 24.2 Å². The highest BCUT2D eigenvalue weighted by Gasteiger charge is 2.30. The molecule has 3 aromatic rings. The second-order valence-corrected chi connectivity index (χ2v) is 8.79. The van der Waals surface area contributed by atoms with Crippen LogP contribution in [0, 0.1) is 17.5 Å². The molecule has 0 bridgehead atoms. The smallest absolute Gasteiger partial charge is 0.255 e. The van der Waals surface area contributed by atoms with Crippen LogP contribution >= 0.6 is 0 Å². The number of rotatable bonds is 8. The van der Waals surface area contributed by atoms with Gasteiger partial charge in [-0.2, -0.15) is 5.10 Å². The predicted molar refractivity (Wildman–Crippen MR) is 121 cm³/mol. The van der Waals surface area contributed by atoms with Crippen molar-refractivity contribution >= 4 is 28.5 Å². The van der Waals surface area contributed by atoms with Crippen LogP contribution in [0.1, 0.15) is 68.0 Å². The van der Waals surface area contributed by atoms with Crippen molar-refractivity contribution in [3.05, 3.63) is 53.1 Å². The Morgan fingerprint density at radius 2 is 1.94 bits per heavy atom. The van der Waals surface area contributed by atoms with Crippen molar-refractivity contribution < 1.29 is 22.8 Å². The molecule has 0 spiro atoms. The zero-order chi connectivity index (χ0) is 24.6. The highest BCUT2D eigenvalue weighted by atomic mass is 19.2. The first-order valence-corrected chi connectivity index (χ1v) is 11.3. The van der Waals surface area contributed by atoms with Crippen LogP contribution in [0.2, 0.25) is 0 Å². The number of nitrogens with one attached hydrogen (secondary N) is 1. The lowest BCUT2D eigenvalue weighted by atomic mass is 10.1. The SMILES string of the molecule is CCCN(CC(=O)Nc1ccc(F)c(F)c1F)C(=O)c1cc(C2CC2)nc2c1cnn2C(C)C. The Balaban J connectivity index is 1.63. The van der Waals surface area contributed by atoms with Gasteiger partial charge in [0.05, 0.1) is 22.8 Å². The van der Waals surface area contributed by atoms with Gasteiger partial charge in [-0.05, 0) is 51.3 Å². The third-order valence-electron chi connectivity index (χ3n) is 5.73. The highest BCUT2D eigenvalue weighted by Crippen LogP contribution is 2.40. The van der Waals surface area contributed by atoms with Crippen LogP contribution in [0.4, 0.5) is 18.9 Å². The fourth-order valence-corrected chi connectivity index (χ4v) is 3.86. The summed E-state index contributed by atoms with van der Waals surface area (Å²) in [6.45, 7) is 5.70. The Kier molecular flexibility index (Phi) is 6.58. The molecule has 1 N–H and O–H groups in total. The molecular formula is C24H26F3N5O2. The number of carbonyl (C=O) groups is 2. The van der Waals surface area contributed by atoms with Gasteiger partial charge in [0.15, 0.2) is 23.1 Å². The van der Waals surface area contributed by atoms with Gasteiger partial charge in [-0.15, -0.1) is 0 Å². The van der Waals surface area contributed by atoms with Crippen molar-refractivity contribution in [2.75, 3.05) is 18.4 Å². The summed E-state index contributed by atoms with van der Waals surface area (Å²) >= 11 is 0. The number of hydrogen-bond acceptors (Lipinski definition) is 4. The van der Waals surface area contributed by atoms with Crippen LogP contribution in [0.25, 0.3) is 11.0 Å². The molecule has 180 valence electrons. The van der Waals surface area contributed by atoms with Crippen LogP contribution in [-0.2, 0) is 4.79 Å². The van der Waals surface area contributed by atoms with Crippen molar-refractivity contribution in [1.29, 1.82) is 0 Å². The number of fused-ring (bicyclic) bond motifs is 1. The molecule has 10 heteroatoms. The minimum absolute atomic E-state index is 0.0472. The van der Waals surface area contributed by atoms with E-state index < -0.39 is 29.0 Å². The number of nitrogens with zero attached hydrogens (tertiary/aromatic N) is 4. The zero-order valence-corrected chi connectivity index (χ0v) is 19.2. The number of amides is 2. The molecule has 1 aromatic carbocycles. The molecule has 2 heterocycles. The Hall–Kier alpha value is -3.43. The van der Waals surface area contributed by atoms with E-state index in [1.165, 1.54) is 4.90 Å². The summed E-state index contributed by atoms with van der Waals surface area (Å²) in [6.07, 6.45) is 4.19. The lowest BCUT2D eigenvalue weighted by molar-refractivity contribution is -0.116. The van der Waals surface area contributed by atoms with Gasteiger partial charge in [0.25, 0.3) is 5.91 Å². The van der Waals surface area contributed by atoms with Crippen molar-refractivity contribution in [1.82, 2.24) is 19.7 Å². The third-order valence-corrected chi connectivity index (χ3v) is 5.73. The van der Waals surface area contributed by atoms with Crippen LogP contribution in [0.5, 0.6) is 0 Å². The molecule has 34 heavy (non-hydrogen) atoms. The Labute approximate surface area is 194 Å². The van der Waals surface area contributed by atoms with Crippen LogP contribution in [0.15, 0.2) is 24.4 Å². The topological polar surface area (TPSA) is 80.1 Å². The van der Waals surface area contributed by atoms with Crippen LogP contribution in [0.3, 0.4) is 0 Å². The van der Waals surface area contributed by atoms with Crippen molar-refractivity contribution in [3.63, 3.8) is 0 Å². The van der Waals surface area contributed by atoms with Crippen molar-refractivity contribution in [3.8, 4) is 0 Å². The first-order valence-electron chi connectivity index (χ1n) is 11.3. The maximum atomic E-state index is 14.0. The van der Waals surface area contributed by atoms with E-state index in [0.29, 0.717) is 28.9 Å². The molecule has 1 aliphatic rings. The molecule has 0 radical (unpaired) electrons. The summed E-state index contributed by atoms with van der Waals surface area (Å²) in [5.41, 5.74) is 1.35. The summed E-state index contributed by atoms with van der Waals surface area (Å²) in [4.78, 5) is 32.3. The van der Waals surface area contributed by atoms with Gasteiger partial charge in [-0.1, -0.05) is 6.92 Å². The molecule has 0 unspecified atom stereocenters. The molecule has 0 atom stereocenters. The zero-order valence-electron chi connectivity index (χ0n) is 19.2. The third kappa shape index (κ3) is 4.62. The first kappa shape index (κ1) is 23.7. The minimum atomic E-state index is -1.67. The molecule has 0 aliphatic heterocycles. The summed E-state index contributed by atoms with van der Waals surface area (Å²) in [5.74, 6) is -5.32. The number of benzene rings is 1. The molecule has 1 aliphatic carbocycles. The van der Waals surface area contributed by atoms with Crippen molar-refractivity contribution in [2.24, 2.45) is 0 Å². The molecular weight excluding hydrogens is 447 g/mol. The Morgan fingerprint density at radius 3 is 2.59 bits per heavy atom. The fourth-order valence-electron chi connectivity index (χ4n) is 3.86. The second-order valence-electron chi connectivity index (χ2n) is 8.79. The van der Waals surface area contributed by atoms with Gasteiger partial charge >= 0.3 is 0 Å². The number of pyridine rings is 1. The fraction of sp³-hybridized carbons (Fsp3) is 0.417. The lowest BCUT2D eigenvalue weighted by Gasteiger charge is -2.22. The van der Waals surface area contributed by atoms with E-state index in [9.17, 15) is 22.8 Å². The Morgan fingerprint density at radius 1 is 1.21 bits per heavy atom. The maximum Gasteiger partial charge on any atom is 0.255 e. The lowest BCUT2D eigenvalue weighted by Crippen LogP contribution is -2.38. The van der Waals surface area contributed by atoms with Gasteiger partial charge in [-0.3, -0.25) is 9.59 Å². The average Bonchev–Trinajstić information content (AvgIpc) is 3.56. The van der Waals surface area contributed by atoms with E-state index in [2.05, 4.69) is 10.4 Å². The molecule has 7 nitrogen and oxygen atoms in total. The molecule has 2 aromatic heterocycles. The van der Waals surface area contributed by atoms with Crippen LogP contribution in [-0.4, -0.2) is 44.6 Å². The minimum Gasteiger partial charge on any atom is -0.329 e. The van der Waals surface area contributed by atoms with E-state index >= 15 is 0 Å². The summed E-state index contributed by atoms with van der Waals surface area (Å²) in [6, 6.07) is 3.48. The number of aromatic nitrogens is 3. The molecule has 1 saturated carbocycles. The maximum absolute atomic E-state index is 14.0. The van der Waals surface area contributed by atoms with E-state index in [-0.39, 0.29) is 25.0 Å². The Bertz CT molecular complexity index is 1250. The normalized spacial score (nSPS) is 13.5. The van der Waals surface area contributed by atoms with Gasteiger partial charge in [-0.25, -0.2) is 22.8 Å². The average molecular weight is 473 g/mol. The number of carbonyl (C=O) groups excluding carboxylic acids is 2. The summed E-state index contributed by atoms with van der Waals surface area (Å²) in [5, 5.41) is 7.22. The molecule has 1 fully saturated rings. The monoisotopic (exact) mass is 473 g/mol. The van der Waals surface area contributed by atoms with Gasteiger partial charge in [0.1, 0.15) is 6.54 Å².